The molecule has 0 radical (unpaired) electrons. The number of fused-ring (bicyclic) bond motifs is 1. The fourth-order valence-electron chi connectivity index (χ4n) is 2.97. The largest absolute Gasteiger partial charge is 0.384 e. The third kappa shape index (κ3) is 2.06. The monoisotopic (exact) mass is 269 g/mol. The number of ether oxygens (including phenoxy) is 2. The first-order valence-electron chi connectivity index (χ1n) is 6.14. The molecule has 98 valence electrons. The molecule has 18 heavy (non-hydrogen) atoms. The van der Waals surface area contributed by atoms with Crippen LogP contribution >= 0.6 is 11.6 Å². The van der Waals surface area contributed by atoms with Crippen LogP contribution in [-0.4, -0.2) is 42.4 Å². The van der Waals surface area contributed by atoms with E-state index >= 15 is 0 Å². The molecule has 1 aliphatic carbocycles. The molecular formula is C12H16ClN3O2. The van der Waals surface area contributed by atoms with E-state index in [0.29, 0.717) is 41.6 Å². The number of halogens is 1. The van der Waals surface area contributed by atoms with Gasteiger partial charge in [-0.3, -0.25) is 0 Å². The molecule has 2 fully saturated rings. The first-order valence-corrected chi connectivity index (χ1v) is 6.52. The lowest BCUT2D eigenvalue weighted by Crippen LogP contribution is -2.58. The molecule has 0 aromatic carbocycles. The van der Waals surface area contributed by atoms with E-state index in [4.69, 9.17) is 21.1 Å². The fourth-order valence-corrected chi connectivity index (χ4v) is 3.07. The summed E-state index contributed by atoms with van der Waals surface area (Å²) in [4.78, 5) is 8.35. The molecule has 3 rings (SSSR count). The summed E-state index contributed by atoms with van der Waals surface area (Å²) in [6.07, 6.45) is 4.62. The molecular weight excluding hydrogens is 254 g/mol. The second-order valence-corrected chi connectivity index (χ2v) is 5.24. The number of anilines is 1. The standard InChI is InChI=1S/C12H16ClN3O2/c1-17-6-9-10(8-2-3-18-11(8)9)16-12-14-4-7(13)5-15-12/h4-5,8-11H,2-3,6H2,1H3,(H,14,15,16)/t8-,9+,10-,11-/m1/s1. The Morgan fingerprint density at radius 3 is 3.00 bits per heavy atom. The fraction of sp³-hybridized carbons (Fsp3) is 0.667. The zero-order valence-corrected chi connectivity index (χ0v) is 10.9. The van der Waals surface area contributed by atoms with Gasteiger partial charge in [0.25, 0.3) is 0 Å². The normalized spacial score (nSPS) is 33.9. The van der Waals surface area contributed by atoms with Gasteiger partial charge in [0.2, 0.25) is 5.95 Å². The Kier molecular flexibility index (Phi) is 3.37. The highest BCUT2D eigenvalue weighted by atomic mass is 35.5. The lowest BCUT2D eigenvalue weighted by Gasteiger charge is -2.47. The number of hydrogen-bond acceptors (Lipinski definition) is 5. The molecule has 0 unspecified atom stereocenters. The molecule has 6 heteroatoms. The molecule has 1 aromatic heterocycles. The SMILES string of the molecule is COC[C@H]1[C@H](Nc2ncc(Cl)cn2)[C@H]2CCO[C@H]21. The summed E-state index contributed by atoms with van der Waals surface area (Å²) in [7, 11) is 1.72. The maximum absolute atomic E-state index is 5.77. The van der Waals surface area contributed by atoms with Crippen LogP contribution in [0.15, 0.2) is 12.4 Å². The van der Waals surface area contributed by atoms with Crippen LogP contribution in [0.5, 0.6) is 0 Å². The first-order chi connectivity index (χ1) is 8.79. The molecule has 0 spiro atoms. The highest BCUT2D eigenvalue weighted by Crippen LogP contribution is 2.44. The summed E-state index contributed by atoms with van der Waals surface area (Å²) in [6, 6.07) is 0.332. The molecule has 5 nitrogen and oxygen atoms in total. The highest BCUT2D eigenvalue weighted by molar-refractivity contribution is 6.30. The Morgan fingerprint density at radius 2 is 2.28 bits per heavy atom. The Labute approximate surface area is 111 Å². The Balaban J connectivity index is 1.69. The highest BCUT2D eigenvalue weighted by Gasteiger charge is 2.53. The minimum absolute atomic E-state index is 0.328. The van der Waals surface area contributed by atoms with Crippen molar-refractivity contribution < 1.29 is 9.47 Å². The maximum atomic E-state index is 5.77. The van der Waals surface area contributed by atoms with Crippen molar-refractivity contribution in [1.29, 1.82) is 0 Å². The van der Waals surface area contributed by atoms with E-state index in [1.165, 1.54) is 0 Å². The number of rotatable bonds is 4. The van der Waals surface area contributed by atoms with Gasteiger partial charge < -0.3 is 14.8 Å². The third-order valence-electron chi connectivity index (χ3n) is 3.80. The van der Waals surface area contributed by atoms with Gasteiger partial charge in [0.15, 0.2) is 0 Å². The molecule has 1 saturated carbocycles. The van der Waals surface area contributed by atoms with Gasteiger partial charge in [-0.25, -0.2) is 9.97 Å². The van der Waals surface area contributed by atoms with E-state index in [1.54, 1.807) is 19.5 Å². The van der Waals surface area contributed by atoms with Crippen LogP contribution < -0.4 is 5.32 Å². The van der Waals surface area contributed by atoms with Crippen molar-refractivity contribution >= 4 is 17.5 Å². The molecule has 0 bridgehead atoms. The van der Waals surface area contributed by atoms with Gasteiger partial charge in [0.05, 0.1) is 30.1 Å². The lowest BCUT2D eigenvalue weighted by atomic mass is 9.67. The van der Waals surface area contributed by atoms with Gasteiger partial charge in [0.1, 0.15) is 0 Å². The zero-order valence-electron chi connectivity index (χ0n) is 10.2. The molecule has 2 aliphatic rings. The zero-order chi connectivity index (χ0) is 12.5. The predicted octanol–water partition coefficient (Wildman–Crippen LogP) is 1.59. The summed E-state index contributed by atoms with van der Waals surface area (Å²) in [5.74, 6) is 1.54. The first kappa shape index (κ1) is 12.1. The molecule has 1 N–H and O–H groups in total. The maximum Gasteiger partial charge on any atom is 0.222 e. The van der Waals surface area contributed by atoms with Crippen molar-refractivity contribution in [2.24, 2.45) is 11.8 Å². The Hall–Kier alpha value is -0.910. The van der Waals surface area contributed by atoms with Crippen LogP contribution in [-0.2, 0) is 9.47 Å². The van der Waals surface area contributed by atoms with Crippen LogP contribution in [0.1, 0.15) is 6.42 Å². The summed E-state index contributed by atoms with van der Waals surface area (Å²) in [6.45, 7) is 1.54. The van der Waals surface area contributed by atoms with E-state index in [0.717, 1.165) is 13.0 Å². The predicted molar refractivity (Wildman–Crippen MR) is 67.7 cm³/mol. The van der Waals surface area contributed by atoms with E-state index in [2.05, 4.69) is 15.3 Å². The van der Waals surface area contributed by atoms with Crippen LogP contribution in [0.25, 0.3) is 0 Å². The molecule has 1 aliphatic heterocycles. The molecule has 1 aromatic rings. The van der Waals surface area contributed by atoms with Crippen molar-refractivity contribution in [2.75, 3.05) is 25.6 Å². The number of aromatic nitrogens is 2. The summed E-state index contributed by atoms with van der Waals surface area (Å²) in [5.41, 5.74) is 0. The van der Waals surface area contributed by atoms with Crippen LogP contribution in [0.2, 0.25) is 5.02 Å². The van der Waals surface area contributed by atoms with Crippen LogP contribution in [0.4, 0.5) is 5.95 Å². The van der Waals surface area contributed by atoms with Crippen molar-refractivity contribution in [3.05, 3.63) is 17.4 Å². The number of methoxy groups -OCH3 is 1. The average molecular weight is 270 g/mol. The average Bonchev–Trinajstić information content (AvgIpc) is 2.80. The third-order valence-corrected chi connectivity index (χ3v) is 4.00. The van der Waals surface area contributed by atoms with Crippen LogP contribution in [0.3, 0.4) is 0 Å². The van der Waals surface area contributed by atoms with Crippen molar-refractivity contribution in [2.45, 2.75) is 18.6 Å². The van der Waals surface area contributed by atoms with E-state index in [1.807, 2.05) is 0 Å². The van der Waals surface area contributed by atoms with Gasteiger partial charge in [-0.15, -0.1) is 0 Å². The van der Waals surface area contributed by atoms with E-state index in [9.17, 15) is 0 Å². The van der Waals surface area contributed by atoms with Crippen molar-refractivity contribution in [1.82, 2.24) is 9.97 Å². The van der Waals surface area contributed by atoms with Gasteiger partial charge in [0, 0.05) is 31.6 Å². The summed E-state index contributed by atoms with van der Waals surface area (Å²) < 4.78 is 11.0. The number of nitrogens with zero attached hydrogens (tertiary/aromatic N) is 2. The van der Waals surface area contributed by atoms with Crippen molar-refractivity contribution in [3.63, 3.8) is 0 Å². The minimum Gasteiger partial charge on any atom is -0.384 e. The van der Waals surface area contributed by atoms with Gasteiger partial charge in [-0.2, -0.15) is 0 Å². The number of nitrogens with one attached hydrogen (secondary N) is 1. The molecule has 4 atom stereocenters. The second-order valence-electron chi connectivity index (χ2n) is 4.80. The van der Waals surface area contributed by atoms with Crippen LogP contribution in [0, 0.1) is 11.8 Å². The van der Waals surface area contributed by atoms with Gasteiger partial charge in [-0.1, -0.05) is 11.6 Å². The molecule has 0 amide bonds. The smallest absolute Gasteiger partial charge is 0.222 e. The molecule has 1 saturated heterocycles. The number of hydrogen-bond donors (Lipinski definition) is 1. The topological polar surface area (TPSA) is 56.3 Å². The summed E-state index contributed by atoms with van der Waals surface area (Å²) in [5, 5.41) is 3.92. The van der Waals surface area contributed by atoms with E-state index in [-0.39, 0.29) is 0 Å². The van der Waals surface area contributed by atoms with Crippen molar-refractivity contribution in [3.8, 4) is 0 Å². The van der Waals surface area contributed by atoms with E-state index < -0.39 is 0 Å². The second kappa shape index (κ2) is 4.99. The quantitative estimate of drug-likeness (QED) is 0.900. The summed E-state index contributed by atoms with van der Waals surface area (Å²) >= 11 is 5.77. The minimum atomic E-state index is 0.328. The van der Waals surface area contributed by atoms with Gasteiger partial charge in [-0.05, 0) is 6.42 Å². The Bertz CT molecular complexity index is 414. The molecule has 2 heterocycles. The van der Waals surface area contributed by atoms with Gasteiger partial charge >= 0.3 is 0 Å². The Morgan fingerprint density at radius 1 is 1.50 bits per heavy atom. The lowest BCUT2D eigenvalue weighted by molar-refractivity contribution is -0.0668.